The summed E-state index contributed by atoms with van der Waals surface area (Å²) in [5, 5.41) is 0. The SMILES string of the molecule is NCc1cnc(-c2ccc(Br)s2)nc1C(F)F. The van der Waals surface area contributed by atoms with E-state index in [2.05, 4.69) is 25.9 Å². The van der Waals surface area contributed by atoms with E-state index in [9.17, 15) is 8.78 Å². The van der Waals surface area contributed by atoms with E-state index in [0.717, 1.165) is 8.66 Å². The average molecular weight is 320 g/mol. The van der Waals surface area contributed by atoms with Gasteiger partial charge in [0.1, 0.15) is 5.69 Å². The smallest absolute Gasteiger partial charge is 0.280 e. The van der Waals surface area contributed by atoms with Gasteiger partial charge in [0.15, 0.2) is 5.82 Å². The van der Waals surface area contributed by atoms with Crippen LogP contribution in [-0.2, 0) is 6.54 Å². The number of aromatic nitrogens is 2. The van der Waals surface area contributed by atoms with Gasteiger partial charge < -0.3 is 5.73 Å². The Bertz CT molecular complexity index is 530. The van der Waals surface area contributed by atoms with Gasteiger partial charge in [-0.15, -0.1) is 11.3 Å². The van der Waals surface area contributed by atoms with Gasteiger partial charge in [-0.2, -0.15) is 0 Å². The van der Waals surface area contributed by atoms with E-state index < -0.39 is 6.43 Å². The van der Waals surface area contributed by atoms with Gasteiger partial charge in [0.2, 0.25) is 0 Å². The van der Waals surface area contributed by atoms with Gasteiger partial charge in [0.05, 0.1) is 8.66 Å². The highest BCUT2D eigenvalue weighted by atomic mass is 79.9. The van der Waals surface area contributed by atoms with E-state index in [1.165, 1.54) is 17.5 Å². The Kier molecular flexibility index (Phi) is 3.80. The van der Waals surface area contributed by atoms with Gasteiger partial charge in [0.25, 0.3) is 6.43 Å². The molecule has 0 unspecified atom stereocenters. The van der Waals surface area contributed by atoms with Crippen molar-refractivity contribution in [3.63, 3.8) is 0 Å². The van der Waals surface area contributed by atoms with Crippen molar-refractivity contribution >= 4 is 27.3 Å². The normalized spacial score (nSPS) is 11.1. The predicted molar refractivity (Wildman–Crippen MR) is 65.9 cm³/mol. The molecular formula is C10H8BrF2N3S. The molecule has 0 aliphatic rings. The summed E-state index contributed by atoms with van der Waals surface area (Å²) in [6, 6.07) is 3.60. The maximum absolute atomic E-state index is 12.8. The number of nitrogens with two attached hydrogens (primary N) is 1. The first-order valence-electron chi connectivity index (χ1n) is 4.71. The van der Waals surface area contributed by atoms with E-state index in [1.54, 1.807) is 6.07 Å². The first-order chi connectivity index (χ1) is 8.11. The molecule has 0 amide bonds. The molecule has 0 radical (unpaired) electrons. The Morgan fingerprint density at radius 1 is 1.41 bits per heavy atom. The van der Waals surface area contributed by atoms with Crippen molar-refractivity contribution in [2.45, 2.75) is 13.0 Å². The van der Waals surface area contributed by atoms with Crippen LogP contribution in [-0.4, -0.2) is 9.97 Å². The Hall–Kier alpha value is -0.920. The fourth-order valence-electron chi connectivity index (χ4n) is 1.32. The van der Waals surface area contributed by atoms with Crippen molar-refractivity contribution in [3.05, 3.63) is 33.4 Å². The molecule has 0 bridgehead atoms. The molecule has 0 atom stereocenters. The Morgan fingerprint density at radius 3 is 2.71 bits per heavy atom. The van der Waals surface area contributed by atoms with Gasteiger partial charge in [-0.05, 0) is 28.1 Å². The zero-order valence-corrected chi connectivity index (χ0v) is 10.9. The van der Waals surface area contributed by atoms with E-state index in [0.29, 0.717) is 5.82 Å². The van der Waals surface area contributed by atoms with E-state index >= 15 is 0 Å². The second-order valence-corrected chi connectivity index (χ2v) is 5.68. The highest BCUT2D eigenvalue weighted by molar-refractivity contribution is 9.11. The van der Waals surface area contributed by atoms with Crippen LogP contribution in [0.4, 0.5) is 8.78 Å². The van der Waals surface area contributed by atoms with Crippen molar-refractivity contribution in [2.24, 2.45) is 5.73 Å². The second-order valence-electron chi connectivity index (χ2n) is 3.21. The maximum Gasteiger partial charge on any atom is 0.280 e. The molecule has 2 heterocycles. The Balaban J connectivity index is 2.47. The van der Waals surface area contributed by atoms with E-state index in [-0.39, 0.29) is 17.8 Å². The van der Waals surface area contributed by atoms with Crippen LogP contribution in [0.2, 0.25) is 0 Å². The van der Waals surface area contributed by atoms with Crippen molar-refractivity contribution < 1.29 is 8.78 Å². The first-order valence-corrected chi connectivity index (χ1v) is 6.32. The van der Waals surface area contributed by atoms with Gasteiger partial charge in [-0.1, -0.05) is 0 Å². The first kappa shape index (κ1) is 12.5. The lowest BCUT2D eigenvalue weighted by Crippen LogP contribution is -2.06. The molecular weight excluding hydrogens is 312 g/mol. The number of alkyl halides is 2. The number of halogens is 3. The molecule has 7 heteroatoms. The average Bonchev–Trinajstić information content (AvgIpc) is 2.75. The molecule has 90 valence electrons. The van der Waals surface area contributed by atoms with Crippen molar-refractivity contribution in [1.29, 1.82) is 0 Å². The summed E-state index contributed by atoms with van der Waals surface area (Å²) in [5.41, 5.74) is 5.35. The summed E-state index contributed by atoms with van der Waals surface area (Å²) < 4.78 is 26.4. The fraction of sp³-hybridized carbons (Fsp3) is 0.200. The van der Waals surface area contributed by atoms with Crippen LogP contribution < -0.4 is 5.73 Å². The van der Waals surface area contributed by atoms with E-state index in [1.807, 2.05) is 6.07 Å². The van der Waals surface area contributed by atoms with Crippen LogP contribution in [0.15, 0.2) is 22.1 Å². The number of hydrogen-bond acceptors (Lipinski definition) is 4. The molecule has 2 rings (SSSR count). The van der Waals surface area contributed by atoms with Gasteiger partial charge in [-0.3, -0.25) is 0 Å². The molecule has 3 nitrogen and oxygen atoms in total. The topological polar surface area (TPSA) is 51.8 Å². The summed E-state index contributed by atoms with van der Waals surface area (Å²) >= 11 is 4.69. The van der Waals surface area contributed by atoms with E-state index in [4.69, 9.17) is 5.73 Å². The lowest BCUT2D eigenvalue weighted by atomic mass is 10.2. The third-order valence-electron chi connectivity index (χ3n) is 2.12. The van der Waals surface area contributed by atoms with Crippen LogP contribution >= 0.6 is 27.3 Å². The summed E-state index contributed by atoms with van der Waals surface area (Å²) in [5.74, 6) is 0.299. The molecule has 0 saturated carbocycles. The summed E-state index contributed by atoms with van der Waals surface area (Å²) in [6.07, 6.45) is -1.28. The molecule has 0 aromatic carbocycles. The third kappa shape index (κ3) is 2.67. The Labute approximate surface area is 109 Å². The van der Waals surface area contributed by atoms with Crippen molar-refractivity contribution in [3.8, 4) is 10.7 Å². The van der Waals surface area contributed by atoms with Crippen LogP contribution in [0, 0.1) is 0 Å². The molecule has 0 spiro atoms. The fourth-order valence-corrected chi connectivity index (χ4v) is 2.65. The zero-order valence-electron chi connectivity index (χ0n) is 8.53. The lowest BCUT2D eigenvalue weighted by Gasteiger charge is -2.06. The van der Waals surface area contributed by atoms with Crippen LogP contribution in [0.25, 0.3) is 10.7 Å². The number of thiophene rings is 1. The monoisotopic (exact) mass is 319 g/mol. The molecule has 2 aromatic rings. The number of nitrogens with zero attached hydrogens (tertiary/aromatic N) is 2. The third-order valence-corrected chi connectivity index (χ3v) is 3.74. The molecule has 0 saturated heterocycles. The standard InChI is InChI=1S/C10H8BrF2N3S/c11-7-2-1-6(17-7)10-15-4-5(3-14)8(16-10)9(12)13/h1-2,4,9H,3,14H2. The zero-order chi connectivity index (χ0) is 12.4. The van der Waals surface area contributed by atoms with Crippen LogP contribution in [0.1, 0.15) is 17.7 Å². The summed E-state index contributed by atoms with van der Waals surface area (Å²) in [7, 11) is 0. The molecule has 0 fully saturated rings. The van der Waals surface area contributed by atoms with Gasteiger partial charge in [-0.25, -0.2) is 18.7 Å². The highest BCUT2D eigenvalue weighted by Crippen LogP contribution is 2.30. The minimum absolute atomic E-state index is 0.00802. The molecule has 17 heavy (non-hydrogen) atoms. The number of rotatable bonds is 3. The lowest BCUT2D eigenvalue weighted by molar-refractivity contribution is 0.144. The summed E-state index contributed by atoms with van der Waals surface area (Å²) in [6.45, 7) is 0.00802. The molecule has 0 aliphatic carbocycles. The van der Waals surface area contributed by atoms with Crippen LogP contribution in [0.5, 0.6) is 0 Å². The predicted octanol–water partition coefficient (Wildman–Crippen LogP) is 3.36. The van der Waals surface area contributed by atoms with Crippen LogP contribution in [0.3, 0.4) is 0 Å². The summed E-state index contributed by atoms with van der Waals surface area (Å²) in [4.78, 5) is 8.65. The Morgan fingerprint density at radius 2 is 2.18 bits per heavy atom. The minimum atomic E-state index is -2.64. The minimum Gasteiger partial charge on any atom is -0.326 e. The largest absolute Gasteiger partial charge is 0.326 e. The van der Waals surface area contributed by atoms with Crippen molar-refractivity contribution in [2.75, 3.05) is 0 Å². The molecule has 0 aliphatic heterocycles. The quantitative estimate of drug-likeness (QED) is 0.943. The number of hydrogen-bond donors (Lipinski definition) is 1. The molecule has 2 aromatic heterocycles. The van der Waals surface area contributed by atoms with Gasteiger partial charge in [0, 0.05) is 18.3 Å². The second kappa shape index (κ2) is 5.16. The molecule has 2 N–H and O–H groups in total. The highest BCUT2D eigenvalue weighted by Gasteiger charge is 2.16. The van der Waals surface area contributed by atoms with Gasteiger partial charge >= 0.3 is 0 Å². The van der Waals surface area contributed by atoms with Crippen molar-refractivity contribution in [1.82, 2.24) is 9.97 Å². The maximum atomic E-state index is 12.8.